The normalized spacial score (nSPS) is 21.2. The third kappa shape index (κ3) is 3.92. The highest BCUT2D eigenvalue weighted by atomic mass is 16.3. The summed E-state index contributed by atoms with van der Waals surface area (Å²) in [6.07, 6.45) is 3.14. The van der Waals surface area contributed by atoms with Crippen LogP contribution in [0.3, 0.4) is 0 Å². The average Bonchev–Trinajstić information content (AvgIpc) is 2.49. The Bertz CT molecular complexity index is 496. The van der Waals surface area contributed by atoms with Gasteiger partial charge in [0.15, 0.2) is 5.78 Å². The molecule has 0 saturated carbocycles. The van der Waals surface area contributed by atoms with Crippen molar-refractivity contribution in [1.82, 2.24) is 4.90 Å². The molecule has 21 heavy (non-hydrogen) atoms. The van der Waals surface area contributed by atoms with Gasteiger partial charge in [-0.05, 0) is 69.7 Å². The van der Waals surface area contributed by atoms with E-state index in [4.69, 9.17) is 5.11 Å². The Balaban J connectivity index is 2.05. The summed E-state index contributed by atoms with van der Waals surface area (Å²) in [5.74, 6) is 0.738. The van der Waals surface area contributed by atoms with E-state index in [1.807, 2.05) is 25.1 Å². The second kappa shape index (κ2) is 7.19. The molecule has 1 aromatic carbocycles. The van der Waals surface area contributed by atoms with Gasteiger partial charge in [0.05, 0.1) is 6.04 Å². The standard InChI is InChI=1S/C18H27NO2/c1-13-6-7-17(11-14(13)2)18(21)15(3)19-9-4-5-16(12-19)8-10-20/h6-7,11,15-16,20H,4-5,8-10,12H2,1-3H3. The van der Waals surface area contributed by atoms with Crippen molar-refractivity contribution < 1.29 is 9.90 Å². The number of Topliss-reactive ketones (excluding diaryl/α,β-unsaturated/α-hetero) is 1. The maximum Gasteiger partial charge on any atom is 0.179 e. The first kappa shape index (κ1) is 16.2. The van der Waals surface area contributed by atoms with E-state index in [9.17, 15) is 4.79 Å². The molecule has 1 aliphatic heterocycles. The molecule has 0 bridgehead atoms. The minimum atomic E-state index is -0.0754. The van der Waals surface area contributed by atoms with Gasteiger partial charge < -0.3 is 5.11 Å². The molecule has 1 aliphatic rings. The summed E-state index contributed by atoms with van der Waals surface area (Å²) >= 11 is 0. The van der Waals surface area contributed by atoms with E-state index in [1.54, 1.807) is 0 Å². The van der Waals surface area contributed by atoms with Crippen LogP contribution >= 0.6 is 0 Å². The van der Waals surface area contributed by atoms with E-state index in [1.165, 1.54) is 17.5 Å². The number of aliphatic hydroxyl groups is 1. The predicted octanol–water partition coefficient (Wildman–Crippen LogP) is 2.97. The van der Waals surface area contributed by atoms with Gasteiger partial charge in [-0.2, -0.15) is 0 Å². The lowest BCUT2D eigenvalue weighted by Gasteiger charge is -2.36. The molecule has 2 unspecified atom stereocenters. The molecule has 3 nitrogen and oxygen atoms in total. The predicted molar refractivity (Wildman–Crippen MR) is 85.7 cm³/mol. The van der Waals surface area contributed by atoms with Crippen LogP contribution in [-0.2, 0) is 0 Å². The number of hydrogen-bond donors (Lipinski definition) is 1. The number of nitrogens with zero attached hydrogens (tertiary/aromatic N) is 1. The number of carbonyl (C=O) groups is 1. The molecule has 2 rings (SSSR count). The first-order valence-corrected chi connectivity index (χ1v) is 7.99. The minimum Gasteiger partial charge on any atom is -0.396 e. The number of benzene rings is 1. The molecule has 1 saturated heterocycles. The minimum absolute atomic E-state index is 0.0754. The van der Waals surface area contributed by atoms with Crippen LogP contribution < -0.4 is 0 Å². The number of rotatable bonds is 5. The lowest BCUT2D eigenvalue weighted by Crippen LogP contribution is -2.45. The van der Waals surface area contributed by atoms with Gasteiger partial charge in [0, 0.05) is 18.7 Å². The summed E-state index contributed by atoms with van der Waals surface area (Å²) in [5.41, 5.74) is 3.21. The summed E-state index contributed by atoms with van der Waals surface area (Å²) in [5, 5.41) is 9.10. The molecule has 0 radical (unpaired) electrons. The quantitative estimate of drug-likeness (QED) is 0.847. The zero-order valence-corrected chi connectivity index (χ0v) is 13.4. The van der Waals surface area contributed by atoms with E-state index in [0.29, 0.717) is 5.92 Å². The van der Waals surface area contributed by atoms with Crippen molar-refractivity contribution >= 4 is 5.78 Å². The monoisotopic (exact) mass is 289 g/mol. The Kier molecular flexibility index (Phi) is 5.54. The van der Waals surface area contributed by atoms with Gasteiger partial charge in [0.25, 0.3) is 0 Å². The summed E-state index contributed by atoms with van der Waals surface area (Å²) in [6.45, 7) is 8.29. The van der Waals surface area contributed by atoms with E-state index < -0.39 is 0 Å². The molecule has 0 spiro atoms. The highest BCUT2D eigenvalue weighted by molar-refractivity contribution is 6.00. The van der Waals surface area contributed by atoms with E-state index in [-0.39, 0.29) is 18.4 Å². The average molecular weight is 289 g/mol. The van der Waals surface area contributed by atoms with Crippen LogP contribution in [-0.4, -0.2) is 41.5 Å². The second-order valence-electron chi connectivity index (χ2n) is 6.35. The smallest absolute Gasteiger partial charge is 0.179 e. The molecule has 1 aromatic rings. The highest BCUT2D eigenvalue weighted by Gasteiger charge is 2.27. The maximum atomic E-state index is 12.7. The molecule has 0 aromatic heterocycles. The summed E-state index contributed by atoms with van der Waals surface area (Å²) in [4.78, 5) is 15.0. The van der Waals surface area contributed by atoms with Gasteiger partial charge >= 0.3 is 0 Å². The van der Waals surface area contributed by atoms with Crippen molar-refractivity contribution in [2.75, 3.05) is 19.7 Å². The number of likely N-dealkylation sites (tertiary alicyclic amines) is 1. The second-order valence-corrected chi connectivity index (χ2v) is 6.35. The Morgan fingerprint density at radius 3 is 2.81 bits per heavy atom. The van der Waals surface area contributed by atoms with Gasteiger partial charge in [-0.1, -0.05) is 12.1 Å². The van der Waals surface area contributed by atoms with Crippen LogP contribution in [0.4, 0.5) is 0 Å². The first-order valence-electron chi connectivity index (χ1n) is 7.99. The number of aliphatic hydroxyl groups excluding tert-OH is 1. The fraction of sp³-hybridized carbons (Fsp3) is 0.611. The number of ketones is 1. The fourth-order valence-electron chi connectivity index (χ4n) is 3.17. The molecule has 0 amide bonds. The molecule has 116 valence electrons. The van der Waals surface area contributed by atoms with Gasteiger partial charge in [-0.15, -0.1) is 0 Å². The van der Waals surface area contributed by atoms with Crippen LogP contribution in [0.25, 0.3) is 0 Å². The molecule has 1 fully saturated rings. The maximum absolute atomic E-state index is 12.7. The summed E-state index contributed by atoms with van der Waals surface area (Å²) < 4.78 is 0. The Labute approximate surface area is 128 Å². The Morgan fingerprint density at radius 2 is 2.14 bits per heavy atom. The fourth-order valence-corrected chi connectivity index (χ4v) is 3.17. The van der Waals surface area contributed by atoms with Crippen LogP contribution in [0.5, 0.6) is 0 Å². The van der Waals surface area contributed by atoms with Crippen molar-refractivity contribution in [2.24, 2.45) is 5.92 Å². The molecule has 0 aliphatic carbocycles. The topological polar surface area (TPSA) is 40.5 Å². The third-order valence-electron chi connectivity index (χ3n) is 4.81. The zero-order chi connectivity index (χ0) is 15.4. The van der Waals surface area contributed by atoms with Gasteiger partial charge in [0.1, 0.15) is 0 Å². The number of piperidine rings is 1. The number of hydrogen-bond acceptors (Lipinski definition) is 3. The zero-order valence-electron chi connectivity index (χ0n) is 13.4. The largest absolute Gasteiger partial charge is 0.396 e. The van der Waals surface area contributed by atoms with Crippen LogP contribution in [0, 0.1) is 19.8 Å². The molecule has 1 heterocycles. The SMILES string of the molecule is Cc1ccc(C(=O)C(C)N2CCCC(CCO)C2)cc1C. The Hall–Kier alpha value is -1.19. The van der Waals surface area contributed by atoms with E-state index in [2.05, 4.69) is 18.7 Å². The number of aryl methyl sites for hydroxylation is 2. The van der Waals surface area contributed by atoms with Crippen molar-refractivity contribution in [2.45, 2.75) is 46.1 Å². The van der Waals surface area contributed by atoms with Crippen molar-refractivity contribution in [1.29, 1.82) is 0 Å². The van der Waals surface area contributed by atoms with Crippen LogP contribution in [0.2, 0.25) is 0 Å². The molecular formula is C18H27NO2. The lowest BCUT2D eigenvalue weighted by atomic mass is 9.92. The van der Waals surface area contributed by atoms with Gasteiger partial charge in [-0.25, -0.2) is 0 Å². The summed E-state index contributed by atoms with van der Waals surface area (Å²) in [7, 11) is 0. The molecule has 2 atom stereocenters. The van der Waals surface area contributed by atoms with E-state index >= 15 is 0 Å². The Morgan fingerprint density at radius 1 is 1.38 bits per heavy atom. The van der Waals surface area contributed by atoms with Crippen LogP contribution in [0.15, 0.2) is 18.2 Å². The van der Waals surface area contributed by atoms with Crippen LogP contribution in [0.1, 0.15) is 47.7 Å². The molecule has 3 heteroatoms. The van der Waals surface area contributed by atoms with Gasteiger partial charge in [0.2, 0.25) is 0 Å². The lowest BCUT2D eigenvalue weighted by molar-refractivity contribution is 0.0728. The molecule has 1 N–H and O–H groups in total. The summed E-state index contributed by atoms with van der Waals surface area (Å²) in [6, 6.07) is 5.90. The first-order chi connectivity index (χ1) is 10.0. The van der Waals surface area contributed by atoms with Crippen molar-refractivity contribution in [3.8, 4) is 0 Å². The van der Waals surface area contributed by atoms with Gasteiger partial charge in [-0.3, -0.25) is 9.69 Å². The van der Waals surface area contributed by atoms with E-state index in [0.717, 1.165) is 31.5 Å². The van der Waals surface area contributed by atoms with Crippen molar-refractivity contribution in [3.63, 3.8) is 0 Å². The van der Waals surface area contributed by atoms with Crippen molar-refractivity contribution in [3.05, 3.63) is 34.9 Å². The highest BCUT2D eigenvalue weighted by Crippen LogP contribution is 2.22. The molecular weight excluding hydrogens is 262 g/mol. The number of carbonyl (C=O) groups excluding carboxylic acids is 1. The third-order valence-corrected chi connectivity index (χ3v) is 4.81.